The lowest BCUT2D eigenvalue weighted by Gasteiger charge is -2.07. The predicted octanol–water partition coefficient (Wildman–Crippen LogP) is 5.93. The molecule has 3 aromatic heterocycles. The Kier molecular flexibility index (Phi) is 2.66. The van der Waals surface area contributed by atoms with Crippen LogP contribution in [0, 0.1) is 0 Å². The Labute approximate surface area is 152 Å². The molecule has 0 saturated heterocycles. The molecule has 0 amide bonds. The van der Waals surface area contributed by atoms with Gasteiger partial charge in [-0.15, -0.1) is 11.3 Å². The van der Waals surface area contributed by atoms with Crippen LogP contribution in [-0.4, -0.2) is 4.40 Å². The number of rotatable bonds is 1. The van der Waals surface area contributed by atoms with E-state index in [2.05, 4.69) is 35.7 Å². The van der Waals surface area contributed by atoms with Crippen LogP contribution in [0.3, 0.4) is 0 Å². The number of nitrogens with zero attached hydrogens (tertiary/aromatic N) is 1. The summed E-state index contributed by atoms with van der Waals surface area (Å²) in [7, 11) is 0. The molecule has 0 bridgehead atoms. The van der Waals surface area contributed by atoms with Gasteiger partial charge in [0.25, 0.3) is 5.56 Å². The minimum atomic E-state index is 0.0647. The van der Waals surface area contributed by atoms with E-state index in [1.54, 1.807) is 11.3 Å². The first kappa shape index (κ1) is 14.0. The highest BCUT2D eigenvalue weighted by Crippen LogP contribution is 2.41. The Morgan fingerprint density at radius 2 is 1.27 bits per heavy atom. The third-order valence-electron chi connectivity index (χ3n) is 5.22. The van der Waals surface area contributed by atoms with E-state index in [0.717, 1.165) is 48.4 Å². The summed E-state index contributed by atoms with van der Waals surface area (Å²) in [6.07, 6.45) is 0. The second kappa shape index (κ2) is 4.93. The van der Waals surface area contributed by atoms with Crippen molar-refractivity contribution < 1.29 is 0 Å². The van der Waals surface area contributed by atoms with Gasteiger partial charge in [0.05, 0.1) is 15.9 Å². The fourth-order valence-electron chi connectivity index (χ4n) is 4.12. The molecule has 3 aromatic carbocycles. The minimum absolute atomic E-state index is 0.0647. The van der Waals surface area contributed by atoms with Crippen molar-refractivity contribution in [1.82, 2.24) is 4.40 Å². The van der Waals surface area contributed by atoms with E-state index in [1.165, 1.54) is 0 Å². The van der Waals surface area contributed by atoms with E-state index in [0.29, 0.717) is 0 Å². The van der Waals surface area contributed by atoms with Crippen molar-refractivity contribution in [2.75, 3.05) is 0 Å². The summed E-state index contributed by atoms with van der Waals surface area (Å²) < 4.78 is 1.93. The van der Waals surface area contributed by atoms with Crippen LogP contribution in [0.1, 0.15) is 0 Å². The topological polar surface area (TPSA) is 21.5 Å². The van der Waals surface area contributed by atoms with E-state index in [4.69, 9.17) is 0 Å². The maximum absolute atomic E-state index is 13.4. The van der Waals surface area contributed by atoms with Gasteiger partial charge in [0, 0.05) is 26.9 Å². The van der Waals surface area contributed by atoms with E-state index >= 15 is 0 Å². The molecule has 0 radical (unpaired) electrons. The molecular formula is C23H13NOS. The first-order valence-electron chi connectivity index (χ1n) is 8.59. The van der Waals surface area contributed by atoms with Gasteiger partial charge in [-0.1, -0.05) is 66.7 Å². The summed E-state index contributed by atoms with van der Waals surface area (Å²) in [5.41, 5.74) is 3.28. The summed E-state index contributed by atoms with van der Waals surface area (Å²) in [6.45, 7) is 0. The molecular weight excluding hydrogens is 338 g/mol. The monoisotopic (exact) mass is 351 g/mol. The van der Waals surface area contributed by atoms with Crippen molar-refractivity contribution in [2.24, 2.45) is 0 Å². The van der Waals surface area contributed by atoms with Gasteiger partial charge in [0.1, 0.15) is 0 Å². The van der Waals surface area contributed by atoms with Gasteiger partial charge in [-0.2, -0.15) is 0 Å². The zero-order valence-electron chi connectivity index (χ0n) is 13.8. The number of para-hydroxylation sites is 1. The van der Waals surface area contributed by atoms with E-state index in [9.17, 15) is 4.79 Å². The normalized spacial score (nSPS) is 12.0. The van der Waals surface area contributed by atoms with Crippen LogP contribution in [0.4, 0.5) is 0 Å². The second-order valence-electron chi connectivity index (χ2n) is 6.58. The summed E-state index contributed by atoms with van der Waals surface area (Å²) >= 11 is 1.71. The molecule has 26 heavy (non-hydrogen) atoms. The van der Waals surface area contributed by atoms with Crippen LogP contribution >= 0.6 is 11.3 Å². The highest BCUT2D eigenvalue weighted by Gasteiger charge is 2.20. The minimum Gasteiger partial charge on any atom is -0.274 e. The molecule has 0 aliphatic heterocycles. The predicted molar refractivity (Wildman–Crippen MR) is 111 cm³/mol. The van der Waals surface area contributed by atoms with Crippen LogP contribution in [0.5, 0.6) is 0 Å². The van der Waals surface area contributed by atoms with Crippen LogP contribution in [0.2, 0.25) is 0 Å². The number of benzene rings is 3. The maximum Gasteiger partial charge on any atom is 0.263 e. The summed E-state index contributed by atoms with van der Waals surface area (Å²) in [5.74, 6) is 0. The van der Waals surface area contributed by atoms with Gasteiger partial charge >= 0.3 is 0 Å². The molecule has 0 atom stereocenters. The molecule has 2 nitrogen and oxygen atoms in total. The van der Waals surface area contributed by atoms with Crippen molar-refractivity contribution in [2.45, 2.75) is 0 Å². The zero-order valence-corrected chi connectivity index (χ0v) is 14.6. The number of hydrogen-bond acceptors (Lipinski definition) is 2. The Hall–Kier alpha value is -3.17. The van der Waals surface area contributed by atoms with Crippen molar-refractivity contribution in [1.29, 1.82) is 0 Å². The van der Waals surface area contributed by atoms with Crippen molar-refractivity contribution in [3.05, 3.63) is 88.5 Å². The lowest BCUT2D eigenvalue weighted by Crippen LogP contribution is -2.12. The number of pyridine rings is 1. The largest absolute Gasteiger partial charge is 0.274 e. The van der Waals surface area contributed by atoms with Crippen molar-refractivity contribution >= 4 is 49.3 Å². The molecule has 6 rings (SSSR count). The molecule has 0 N–H and O–H groups in total. The molecule has 3 heterocycles. The first-order valence-corrected chi connectivity index (χ1v) is 9.47. The quantitative estimate of drug-likeness (QED) is 0.337. The molecule has 0 aliphatic carbocycles. The highest BCUT2D eigenvalue weighted by atomic mass is 32.1. The summed E-state index contributed by atoms with van der Waals surface area (Å²) in [4.78, 5) is 14.6. The van der Waals surface area contributed by atoms with Gasteiger partial charge in [-0.25, -0.2) is 0 Å². The van der Waals surface area contributed by atoms with Crippen LogP contribution in [0.15, 0.2) is 83.0 Å². The number of thiophene rings is 1. The smallest absolute Gasteiger partial charge is 0.263 e. The molecule has 122 valence electrons. The fraction of sp³-hybridized carbons (Fsp3) is 0. The third-order valence-corrected chi connectivity index (χ3v) is 6.24. The van der Waals surface area contributed by atoms with E-state index in [1.807, 2.05) is 46.9 Å². The standard InChI is InChI=1S/C23H13NOS/c25-23-18-10-5-4-9-15(18)16-11-6-12-17-19-13-26-22(14-7-2-1-3-8-14)21(19)24(23)20(16)17/h1-13H. The number of fused-ring (bicyclic) bond motifs is 5. The van der Waals surface area contributed by atoms with Gasteiger partial charge in [0.15, 0.2) is 0 Å². The summed E-state index contributed by atoms with van der Waals surface area (Å²) in [6, 6.07) is 24.6. The van der Waals surface area contributed by atoms with Gasteiger partial charge < -0.3 is 0 Å². The second-order valence-corrected chi connectivity index (χ2v) is 7.46. The lowest BCUT2D eigenvalue weighted by atomic mass is 10.1. The molecule has 6 aromatic rings. The SMILES string of the molecule is O=c1c2ccccc2c2cccc3c4csc(-c5ccccc5)c4n1c23. The summed E-state index contributed by atoms with van der Waals surface area (Å²) in [5, 5.41) is 7.43. The fourth-order valence-corrected chi connectivity index (χ4v) is 5.18. The van der Waals surface area contributed by atoms with Crippen LogP contribution in [-0.2, 0) is 0 Å². The van der Waals surface area contributed by atoms with Gasteiger partial charge in [-0.05, 0) is 17.0 Å². The highest BCUT2D eigenvalue weighted by molar-refractivity contribution is 7.15. The zero-order chi connectivity index (χ0) is 17.3. The molecule has 0 spiro atoms. The Morgan fingerprint density at radius 3 is 2.08 bits per heavy atom. The van der Waals surface area contributed by atoms with Crippen molar-refractivity contribution in [3.8, 4) is 10.4 Å². The Morgan fingerprint density at radius 1 is 0.615 bits per heavy atom. The average Bonchev–Trinajstić information content (AvgIpc) is 3.26. The average molecular weight is 351 g/mol. The molecule has 0 unspecified atom stereocenters. The van der Waals surface area contributed by atoms with Crippen LogP contribution in [0.25, 0.3) is 48.4 Å². The lowest BCUT2D eigenvalue weighted by molar-refractivity contribution is 1.21. The number of hydrogen-bond donors (Lipinski definition) is 0. The van der Waals surface area contributed by atoms with Crippen molar-refractivity contribution in [3.63, 3.8) is 0 Å². The van der Waals surface area contributed by atoms with E-state index in [-0.39, 0.29) is 5.56 Å². The number of aromatic nitrogens is 1. The van der Waals surface area contributed by atoms with Gasteiger partial charge in [0.2, 0.25) is 0 Å². The molecule has 0 fully saturated rings. The van der Waals surface area contributed by atoms with Crippen LogP contribution < -0.4 is 5.56 Å². The molecule has 0 aliphatic rings. The third kappa shape index (κ3) is 1.63. The Balaban J connectivity index is 1.96. The molecule has 3 heteroatoms. The first-order chi connectivity index (χ1) is 12.8. The van der Waals surface area contributed by atoms with E-state index < -0.39 is 0 Å². The maximum atomic E-state index is 13.4. The molecule has 0 saturated carbocycles. The Bertz CT molecular complexity index is 1490. The van der Waals surface area contributed by atoms with Gasteiger partial charge in [-0.3, -0.25) is 9.20 Å².